The van der Waals surface area contributed by atoms with E-state index in [0.29, 0.717) is 19.6 Å². The van der Waals surface area contributed by atoms with Crippen LogP contribution in [-0.4, -0.2) is 53.9 Å². The molecule has 2 unspecified atom stereocenters. The molecule has 15 heavy (non-hydrogen) atoms. The lowest BCUT2D eigenvalue weighted by molar-refractivity contribution is -0.147. The maximum Gasteiger partial charge on any atom is 0.239 e. The van der Waals surface area contributed by atoms with Crippen molar-refractivity contribution >= 4 is 5.91 Å². The molecule has 1 rings (SSSR count). The number of aliphatic hydroxyl groups excluding tert-OH is 1. The Hall–Kier alpha value is -0.650. The molecule has 3 N–H and O–H groups in total. The molecule has 0 aromatic heterocycles. The molecule has 0 radical (unpaired) electrons. The lowest BCUT2D eigenvalue weighted by atomic mass is 10.1. The molecule has 1 aliphatic rings. The van der Waals surface area contributed by atoms with Gasteiger partial charge in [-0.1, -0.05) is 6.92 Å². The van der Waals surface area contributed by atoms with Gasteiger partial charge in [0.25, 0.3) is 0 Å². The van der Waals surface area contributed by atoms with Crippen LogP contribution in [0.25, 0.3) is 0 Å². The highest BCUT2D eigenvalue weighted by Crippen LogP contribution is 2.13. The van der Waals surface area contributed by atoms with Crippen LogP contribution in [0.4, 0.5) is 0 Å². The van der Waals surface area contributed by atoms with Gasteiger partial charge in [-0.25, -0.2) is 0 Å². The van der Waals surface area contributed by atoms with Crippen molar-refractivity contribution in [1.29, 1.82) is 0 Å². The minimum atomic E-state index is -0.440. The second kappa shape index (κ2) is 5.44. The SMILES string of the molecule is CC[C@H](N)C(=O)N1CC(CO)OCC1C. The summed E-state index contributed by atoms with van der Waals surface area (Å²) in [5.41, 5.74) is 5.70. The van der Waals surface area contributed by atoms with Gasteiger partial charge in [-0.15, -0.1) is 0 Å². The zero-order valence-corrected chi connectivity index (χ0v) is 9.35. The van der Waals surface area contributed by atoms with Gasteiger partial charge in [0, 0.05) is 6.54 Å². The molecule has 1 amide bonds. The molecule has 0 saturated carbocycles. The Morgan fingerprint density at radius 3 is 2.93 bits per heavy atom. The monoisotopic (exact) mass is 216 g/mol. The van der Waals surface area contributed by atoms with E-state index in [-0.39, 0.29) is 24.7 Å². The highest BCUT2D eigenvalue weighted by molar-refractivity contribution is 5.82. The highest BCUT2D eigenvalue weighted by Gasteiger charge is 2.31. The summed E-state index contributed by atoms with van der Waals surface area (Å²) in [6.45, 7) is 4.65. The van der Waals surface area contributed by atoms with E-state index in [9.17, 15) is 4.79 Å². The Morgan fingerprint density at radius 2 is 2.40 bits per heavy atom. The minimum absolute atomic E-state index is 0.0397. The van der Waals surface area contributed by atoms with Gasteiger partial charge in [0.1, 0.15) is 0 Å². The summed E-state index contributed by atoms with van der Waals surface area (Å²) >= 11 is 0. The largest absolute Gasteiger partial charge is 0.394 e. The summed E-state index contributed by atoms with van der Waals surface area (Å²) in [5, 5.41) is 8.98. The molecule has 1 saturated heterocycles. The van der Waals surface area contributed by atoms with Gasteiger partial charge in [0.2, 0.25) is 5.91 Å². The number of carbonyl (C=O) groups is 1. The number of nitrogens with two attached hydrogens (primary N) is 1. The molecule has 88 valence electrons. The molecule has 0 aromatic carbocycles. The van der Waals surface area contributed by atoms with Crippen molar-refractivity contribution in [3.8, 4) is 0 Å². The molecule has 5 heteroatoms. The van der Waals surface area contributed by atoms with Crippen LogP contribution in [0.5, 0.6) is 0 Å². The first-order valence-electron chi connectivity index (χ1n) is 5.38. The molecule has 0 spiro atoms. The highest BCUT2D eigenvalue weighted by atomic mass is 16.5. The molecule has 3 atom stereocenters. The second-order valence-electron chi connectivity index (χ2n) is 3.99. The van der Waals surface area contributed by atoms with Gasteiger partial charge in [0.05, 0.1) is 31.4 Å². The lowest BCUT2D eigenvalue weighted by Crippen LogP contribution is -2.56. The topological polar surface area (TPSA) is 75.8 Å². The Bertz CT molecular complexity index is 223. The third-order valence-corrected chi connectivity index (χ3v) is 2.75. The number of amides is 1. The number of hydrogen-bond acceptors (Lipinski definition) is 4. The molecule has 1 heterocycles. The minimum Gasteiger partial charge on any atom is -0.394 e. The average Bonchev–Trinajstić information content (AvgIpc) is 2.27. The predicted molar refractivity (Wildman–Crippen MR) is 56.3 cm³/mol. The zero-order chi connectivity index (χ0) is 11.4. The van der Waals surface area contributed by atoms with Crippen LogP contribution in [0, 0.1) is 0 Å². The van der Waals surface area contributed by atoms with E-state index in [1.54, 1.807) is 4.90 Å². The van der Waals surface area contributed by atoms with Crippen LogP contribution in [0.15, 0.2) is 0 Å². The number of aliphatic hydroxyl groups is 1. The third-order valence-electron chi connectivity index (χ3n) is 2.75. The fourth-order valence-electron chi connectivity index (χ4n) is 1.62. The van der Waals surface area contributed by atoms with E-state index in [0.717, 1.165) is 0 Å². The maximum atomic E-state index is 11.9. The van der Waals surface area contributed by atoms with E-state index in [2.05, 4.69) is 0 Å². The number of rotatable bonds is 3. The number of ether oxygens (including phenoxy) is 1. The van der Waals surface area contributed by atoms with Crippen molar-refractivity contribution in [2.45, 2.75) is 38.5 Å². The van der Waals surface area contributed by atoms with E-state index in [1.807, 2.05) is 13.8 Å². The standard InChI is InChI=1S/C10H20N2O3/c1-3-9(11)10(14)12-4-8(5-13)15-6-7(12)2/h7-9,13H,3-6,11H2,1-2H3/t7?,8?,9-/m0/s1. The van der Waals surface area contributed by atoms with Crippen LogP contribution in [0.2, 0.25) is 0 Å². The first-order chi connectivity index (χ1) is 7.10. The molecule has 1 fully saturated rings. The summed E-state index contributed by atoms with van der Waals surface area (Å²) in [6, 6.07) is -0.400. The van der Waals surface area contributed by atoms with Crippen molar-refractivity contribution in [2.24, 2.45) is 5.73 Å². The van der Waals surface area contributed by atoms with Crippen molar-refractivity contribution < 1.29 is 14.6 Å². The summed E-state index contributed by atoms with van der Waals surface area (Å²) in [7, 11) is 0. The second-order valence-corrected chi connectivity index (χ2v) is 3.99. The predicted octanol–water partition coefficient (Wildman–Crippen LogP) is -0.668. The van der Waals surface area contributed by atoms with Crippen LogP contribution < -0.4 is 5.73 Å². The number of carbonyl (C=O) groups excluding carboxylic acids is 1. The van der Waals surface area contributed by atoms with Crippen LogP contribution in [0.3, 0.4) is 0 Å². The first kappa shape index (κ1) is 12.4. The molecule has 0 bridgehead atoms. The van der Waals surface area contributed by atoms with Gasteiger partial charge in [-0.2, -0.15) is 0 Å². The summed E-state index contributed by atoms with van der Waals surface area (Å²) in [4.78, 5) is 13.6. The molecule has 1 aliphatic heterocycles. The van der Waals surface area contributed by atoms with E-state index < -0.39 is 6.04 Å². The molecular formula is C10H20N2O3. The van der Waals surface area contributed by atoms with Gasteiger partial charge >= 0.3 is 0 Å². The quantitative estimate of drug-likeness (QED) is 0.656. The van der Waals surface area contributed by atoms with Gasteiger partial charge in [0.15, 0.2) is 0 Å². The first-order valence-corrected chi connectivity index (χ1v) is 5.38. The van der Waals surface area contributed by atoms with Crippen LogP contribution in [0.1, 0.15) is 20.3 Å². The van der Waals surface area contributed by atoms with E-state index in [4.69, 9.17) is 15.6 Å². The molecule has 5 nitrogen and oxygen atoms in total. The van der Waals surface area contributed by atoms with Crippen molar-refractivity contribution in [3.63, 3.8) is 0 Å². The normalized spacial score (nSPS) is 28.9. The Balaban J connectivity index is 2.61. The van der Waals surface area contributed by atoms with Crippen molar-refractivity contribution in [3.05, 3.63) is 0 Å². The van der Waals surface area contributed by atoms with Crippen LogP contribution >= 0.6 is 0 Å². The Labute approximate surface area is 90.2 Å². The maximum absolute atomic E-state index is 11.9. The summed E-state index contributed by atoms with van der Waals surface area (Å²) in [6.07, 6.45) is 0.362. The Morgan fingerprint density at radius 1 is 1.73 bits per heavy atom. The third kappa shape index (κ3) is 2.90. The van der Waals surface area contributed by atoms with Gasteiger partial charge in [-0.3, -0.25) is 4.79 Å². The van der Waals surface area contributed by atoms with E-state index in [1.165, 1.54) is 0 Å². The molecule has 0 aromatic rings. The summed E-state index contributed by atoms with van der Waals surface area (Å²) < 4.78 is 5.35. The number of nitrogens with zero attached hydrogens (tertiary/aromatic N) is 1. The average molecular weight is 216 g/mol. The van der Waals surface area contributed by atoms with Gasteiger partial charge < -0.3 is 20.5 Å². The number of hydrogen-bond donors (Lipinski definition) is 2. The molecular weight excluding hydrogens is 196 g/mol. The fraction of sp³-hybridized carbons (Fsp3) is 0.900. The molecule has 0 aliphatic carbocycles. The van der Waals surface area contributed by atoms with Crippen LogP contribution in [-0.2, 0) is 9.53 Å². The smallest absolute Gasteiger partial charge is 0.239 e. The fourth-order valence-corrected chi connectivity index (χ4v) is 1.62. The summed E-state index contributed by atoms with van der Waals surface area (Å²) in [5.74, 6) is -0.0493. The zero-order valence-electron chi connectivity index (χ0n) is 9.35. The Kier molecular flexibility index (Phi) is 4.50. The van der Waals surface area contributed by atoms with Crippen molar-refractivity contribution in [2.75, 3.05) is 19.8 Å². The number of morpholine rings is 1. The van der Waals surface area contributed by atoms with Crippen molar-refractivity contribution in [1.82, 2.24) is 4.90 Å². The lowest BCUT2D eigenvalue weighted by Gasteiger charge is -2.38. The van der Waals surface area contributed by atoms with E-state index >= 15 is 0 Å². The van der Waals surface area contributed by atoms with Gasteiger partial charge in [-0.05, 0) is 13.3 Å².